The van der Waals surface area contributed by atoms with Gasteiger partial charge < -0.3 is 9.47 Å². The van der Waals surface area contributed by atoms with Crippen LogP contribution in [0.2, 0.25) is 0 Å². The Morgan fingerprint density at radius 3 is 2.71 bits per heavy atom. The van der Waals surface area contributed by atoms with Gasteiger partial charge in [0.1, 0.15) is 11.9 Å². The highest BCUT2D eigenvalue weighted by atomic mass is 16.8. The van der Waals surface area contributed by atoms with Gasteiger partial charge in [-0.05, 0) is 47.1 Å². The monoisotopic (exact) mass is 241 g/mol. The van der Waals surface area contributed by atoms with Crippen molar-refractivity contribution in [3.8, 4) is 0 Å². The Morgan fingerprint density at radius 1 is 1.35 bits per heavy atom. The number of carbonyl (C=O) groups excluding carboxylic acids is 1. The molecule has 4 nitrogen and oxygen atoms in total. The molecule has 3 unspecified atom stereocenters. The van der Waals surface area contributed by atoms with Crippen molar-refractivity contribution in [1.82, 2.24) is 4.90 Å². The molecule has 0 bridgehead atoms. The lowest BCUT2D eigenvalue weighted by atomic mass is 9.89. The lowest BCUT2D eigenvalue weighted by Gasteiger charge is -2.37. The van der Waals surface area contributed by atoms with Crippen molar-refractivity contribution in [2.24, 2.45) is 0 Å². The number of hydrogen-bond acceptors (Lipinski definition) is 4. The second-order valence-electron chi connectivity index (χ2n) is 5.75. The van der Waals surface area contributed by atoms with E-state index in [0.717, 1.165) is 19.3 Å². The van der Waals surface area contributed by atoms with Crippen molar-refractivity contribution >= 4 is 5.78 Å². The molecule has 0 aromatic carbocycles. The van der Waals surface area contributed by atoms with Crippen molar-refractivity contribution in [3.63, 3.8) is 0 Å². The Hall–Kier alpha value is -0.450. The minimum absolute atomic E-state index is 0.114. The summed E-state index contributed by atoms with van der Waals surface area (Å²) in [7, 11) is 2.00. The molecule has 0 aromatic heterocycles. The number of ketones is 1. The third-order valence-corrected chi connectivity index (χ3v) is 3.63. The highest BCUT2D eigenvalue weighted by Gasteiger charge is 2.47. The first kappa shape index (κ1) is 13.0. The van der Waals surface area contributed by atoms with E-state index in [0.29, 0.717) is 12.6 Å². The number of nitrogens with zero attached hydrogens (tertiary/aromatic N) is 1. The molecule has 2 aliphatic rings. The zero-order valence-electron chi connectivity index (χ0n) is 11.2. The Labute approximate surface area is 103 Å². The normalized spacial score (nSPS) is 35.9. The van der Waals surface area contributed by atoms with Crippen LogP contribution in [-0.4, -0.2) is 48.3 Å². The standard InChI is InChI=1S/C13H23NO3/c1-9(15)8-14(4)10-6-5-7-11-12(10)17-13(2,3)16-11/h10-12H,5-8H2,1-4H3. The smallest absolute Gasteiger partial charge is 0.163 e. The number of likely N-dealkylation sites (N-methyl/N-ethyl adjacent to an activating group) is 1. The first-order chi connectivity index (χ1) is 7.89. The van der Waals surface area contributed by atoms with Crippen LogP contribution in [0, 0.1) is 0 Å². The molecule has 98 valence electrons. The Morgan fingerprint density at radius 2 is 2.06 bits per heavy atom. The topological polar surface area (TPSA) is 38.8 Å². The van der Waals surface area contributed by atoms with Gasteiger partial charge >= 0.3 is 0 Å². The SMILES string of the molecule is CC(=O)CN(C)C1CCCC2OC(C)(C)OC21. The molecule has 2 fully saturated rings. The van der Waals surface area contributed by atoms with Crippen LogP contribution in [0.3, 0.4) is 0 Å². The summed E-state index contributed by atoms with van der Waals surface area (Å²) >= 11 is 0. The van der Waals surface area contributed by atoms with Crippen molar-refractivity contribution in [2.75, 3.05) is 13.6 Å². The minimum Gasteiger partial charge on any atom is -0.345 e. The van der Waals surface area contributed by atoms with Crippen molar-refractivity contribution < 1.29 is 14.3 Å². The Kier molecular flexibility index (Phi) is 3.57. The summed E-state index contributed by atoms with van der Waals surface area (Å²) in [5, 5.41) is 0. The van der Waals surface area contributed by atoms with Crippen LogP contribution in [0.5, 0.6) is 0 Å². The zero-order chi connectivity index (χ0) is 12.6. The molecule has 0 radical (unpaired) electrons. The van der Waals surface area contributed by atoms with E-state index < -0.39 is 5.79 Å². The van der Waals surface area contributed by atoms with Gasteiger partial charge in [0.15, 0.2) is 5.79 Å². The minimum atomic E-state index is -0.477. The molecule has 0 N–H and O–H groups in total. The van der Waals surface area contributed by atoms with E-state index in [1.165, 1.54) is 0 Å². The van der Waals surface area contributed by atoms with Crippen LogP contribution >= 0.6 is 0 Å². The molecular weight excluding hydrogens is 218 g/mol. The maximum atomic E-state index is 11.2. The van der Waals surface area contributed by atoms with E-state index in [-0.39, 0.29) is 18.0 Å². The number of rotatable bonds is 3. The van der Waals surface area contributed by atoms with Crippen LogP contribution in [0.4, 0.5) is 0 Å². The van der Waals surface area contributed by atoms with Crippen LogP contribution in [-0.2, 0) is 14.3 Å². The van der Waals surface area contributed by atoms with Crippen molar-refractivity contribution in [1.29, 1.82) is 0 Å². The molecule has 4 heteroatoms. The predicted molar refractivity (Wildman–Crippen MR) is 64.8 cm³/mol. The van der Waals surface area contributed by atoms with Crippen molar-refractivity contribution in [2.45, 2.75) is 64.1 Å². The summed E-state index contributed by atoms with van der Waals surface area (Å²) in [4.78, 5) is 13.3. The summed E-state index contributed by atoms with van der Waals surface area (Å²) in [5.74, 6) is -0.276. The van der Waals surface area contributed by atoms with Gasteiger partial charge in [0.05, 0.1) is 12.6 Å². The second-order valence-corrected chi connectivity index (χ2v) is 5.75. The van der Waals surface area contributed by atoms with Gasteiger partial charge in [-0.3, -0.25) is 9.69 Å². The van der Waals surface area contributed by atoms with E-state index in [1.54, 1.807) is 6.92 Å². The average Bonchev–Trinajstić information content (AvgIpc) is 2.49. The van der Waals surface area contributed by atoms with Gasteiger partial charge in [-0.15, -0.1) is 0 Å². The molecule has 2 rings (SSSR count). The maximum Gasteiger partial charge on any atom is 0.163 e. The Balaban J connectivity index is 2.05. The van der Waals surface area contributed by atoms with Crippen LogP contribution in [0.1, 0.15) is 40.0 Å². The number of Topliss-reactive ketones (excluding diaryl/α,β-unsaturated/α-hetero) is 1. The van der Waals surface area contributed by atoms with Gasteiger partial charge in [-0.25, -0.2) is 0 Å². The van der Waals surface area contributed by atoms with Gasteiger partial charge in [-0.1, -0.05) is 0 Å². The molecule has 1 aliphatic carbocycles. The van der Waals surface area contributed by atoms with Crippen LogP contribution in [0.25, 0.3) is 0 Å². The first-order valence-corrected chi connectivity index (χ1v) is 6.44. The molecule has 1 saturated carbocycles. The molecule has 1 heterocycles. The summed E-state index contributed by atoms with van der Waals surface area (Å²) in [6, 6.07) is 0.305. The first-order valence-electron chi connectivity index (χ1n) is 6.44. The number of hydrogen-bond donors (Lipinski definition) is 0. The van der Waals surface area contributed by atoms with E-state index >= 15 is 0 Å². The molecule has 17 heavy (non-hydrogen) atoms. The average molecular weight is 241 g/mol. The zero-order valence-corrected chi connectivity index (χ0v) is 11.2. The summed E-state index contributed by atoms with van der Waals surface area (Å²) in [5.41, 5.74) is 0. The van der Waals surface area contributed by atoms with Gasteiger partial charge in [-0.2, -0.15) is 0 Å². The van der Waals surface area contributed by atoms with Gasteiger partial charge in [0, 0.05) is 6.04 Å². The molecule has 0 spiro atoms. The number of fused-ring (bicyclic) bond motifs is 1. The third kappa shape index (κ3) is 2.87. The van der Waals surface area contributed by atoms with Crippen LogP contribution < -0.4 is 0 Å². The van der Waals surface area contributed by atoms with Crippen LogP contribution in [0.15, 0.2) is 0 Å². The quantitative estimate of drug-likeness (QED) is 0.752. The number of carbonyl (C=O) groups is 1. The molecule has 1 aliphatic heterocycles. The van der Waals surface area contributed by atoms with E-state index in [2.05, 4.69) is 4.90 Å². The fourth-order valence-corrected chi connectivity index (χ4v) is 3.04. The summed E-state index contributed by atoms with van der Waals surface area (Å²) < 4.78 is 11.9. The molecule has 0 amide bonds. The summed E-state index contributed by atoms with van der Waals surface area (Å²) in [6.45, 7) is 6.06. The van der Waals surface area contributed by atoms with Gasteiger partial charge in [0.25, 0.3) is 0 Å². The summed E-state index contributed by atoms with van der Waals surface area (Å²) in [6.07, 6.45) is 3.61. The number of ether oxygens (including phenoxy) is 2. The predicted octanol–water partition coefficient (Wildman–Crippen LogP) is 1.58. The van der Waals surface area contributed by atoms with Crippen molar-refractivity contribution in [3.05, 3.63) is 0 Å². The highest BCUT2D eigenvalue weighted by molar-refractivity contribution is 5.77. The molecule has 3 atom stereocenters. The molecule has 1 saturated heterocycles. The largest absolute Gasteiger partial charge is 0.345 e. The third-order valence-electron chi connectivity index (χ3n) is 3.63. The van der Waals surface area contributed by atoms with E-state index in [1.807, 2.05) is 20.9 Å². The van der Waals surface area contributed by atoms with Gasteiger partial charge in [0.2, 0.25) is 0 Å². The lowest BCUT2D eigenvalue weighted by molar-refractivity contribution is -0.150. The fourth-order valence-electron chi connectivity index (χ4n) is 3.04. The van der Waals surface area contributed by atoms with E-state index in [9.17, 15) is 4.79 Å². The Bertz CT molecular complexity index is 303. The maximum absolute atomic E-state index is 11.2. The fraction of sp³-hybridized carbons (Fsp3) is 0.923. The molecular formula is C13H23NO3. The van der Waals surface area contributed by atoms with E-state index in [4.69, 9.17) is 9.47 Å². The molecule has 0 aromatic rings. The second kappa shape index (κ2) is 4.67. The highest BCUT2D eigenvalue weighted by Crippen LogP contribution is 2.38. The lowest BCUT2D eigenvalue weighted by Crippen LogP contribution is -2.49.